The monoisotopic (exact) mass is 483 g/mol. The first-order valence-corrected chi connectivity index (χ1v) is 11.3. The maximum atomic E-state index is 13.9. The summed E-state index contributed by atoms with van der Waals surface area (Å²) in [5.74, 6) is 3.13. The van der Waals surface area contributed by atoms with E-state index in [1.807, 2.05) is 24.3 Å². The van der Waals surface area contributed by atoms with Gasteiger partial charge in [-0.25, -0.2) is 19.9 Å². The molecule has 1 atom stereocenters. The molecular weight excluding hydrogens is 462 g/mol. The molecule has 10 heteroatoms. The highest BCUT2D eigenvalue weighted by molar-refractivity contribution is 6.11. The standard InChI is InChI=1S/C26H21N5O5/c1-33-19-13-16-17(14-20(19)34-2)26(32)31(22-6-9-29-25(30-22)24-27-7-3-8-28-24)23(16)15-4-5-18-21(12-15)36-11-10-35-18/h3-9,12-14,23H,10-11H2,1-2H3/t23-/m0/s1. The minimum atomic E-state index is -0.512. The normalized spacial score (nSPS) is 16.0. The Hall–Kier alpha value is -4.73. The lowest BCUT2D eigenvalue weighted by Crippen LogP contribution is -2.29. The summed E-state index contributed by atoms with van der Waals surface area (Å²) in [5.41, 5.74) is 2.07. The summed E-state index contributed by atoms with van der Waals surface area (Å²) in [6, 6.07) is 12.1. The maximum Gasteiger partial charge on any atom is 0.260 e. The number of amides is 1. The van der Waals surface area contributed by atoms with Gasteiger partial charge in [-0.1, -0.05) is 6.07 Å². The Kier molecular flexibility index (Phi) is 5.33. The van der Waals surface area contributed by atoms with E-state index in [1.165, 1.54) is 7.11 Å². The van der Waals surface area contributed by atoms with Gasteiger partial charge in [0.05, 0.1) is 20.3 Å². The summed E-state index contributed by atoms with van der Waals surface area (Å²) in [6.45, 7) is 0.948. The number of nitrogens with zero attached hydrogens (tertiary/aromatic N) is 5. The fourth-order valence-corrected chi connectivity index (χ4v) is 4.49. The summed E-state index contributed by atoms with van der Waals surface area (Å²) >= 11 is 0. The van der Waals surface area contributed by atoms with Gasteiger partial charge in [-0.2, -0.15) is 0 Å². The molecule has 2 aromatic carbocycles. The number of rotatable bonds is 5. The highest BCUT2D eigenvalue weighted by Gasteiger charge is 2.41. The number of fused-ring (bicyclic) bond motifs is 2. The molecule has 0 saturated carbocycles. The van der Waals surface area contributed by atoms with Crippen molar-refractivity contribution in [2.24, 2.45) is 0 Å². The van der Waals surface area contributed by atoms with E-state index in [1.54, 1.807) is 48.8 Å². The average Bonchev–Trinajstić information content (AvgIpc) is 3.23. The van der Waals surface area contributed by atoms with Crippen molar-refractivity contribution in [2.45, 2.75) is 6.04 Å². The number of carbonyl (C=O) groups is 1. The zero-order valence-electron chi connectivity index (χ0n) is 19.5. The lowest BCUT2D eigenvalue weighted by atomic mass is 9.96. The molecule has 0 aliphatic carbocycles. The zero-order valence-corrected chi connectivity index (χ0v) is 19.5. The van der Waals surface area contributed by atoms with Gasteiger partial charge in [-0.05, 0) is 47.5 Å². The molecule has 0 spiro atoms. The number of carbonyl (C=O) groups excluding carboxylic acids is 1. The second kappa shape index (κ2) is 8.81. The van der Waals surface area contributed by atoms with E-state index in [2.05, 4.69) is 19.9 Å². The molecule has 0 radical (unpaired) electrons. The smallest absolute Gasteiger partial charge is 0.260 e. The van der Waals surface area contributed by atoms with Crippen LogP contribution in [0.2, 0.25) is 0 Å². The summed E-state index contributed by atoms with van der Waals surface area (Å²) in [5, 5.41) is 0. The molecule has 0 bridgehead atoms. The Morgan fingerprint density at radius 3 is 2.36 bits per heavy atom. The molecule has 6 rings (SSSR count). The summed E-state index contributed by atoms with van der Waals surface area (Å²) in [6.07, 6.45) is 4.82. The molecule has 0 fully saturated rings. The van der Waals surface area contributed by atoms with Crippen molar-refractivity contribution in [3.8, 4) is 34.6 Å². The van der Waals surface area contributed by atoms with Crippen molar-refractivity contribution in [2.75, 3.05) is 32.3 Å². The third-order valence-electron chi connectivity index (χ3n) is 6.09. The molecule has 1 amide bonds. The second-order valence-electron chi connectivity index (χ2n) is 8.09. The van der Waals surface area contributed by atoms with E-state index in [0.29, 0.717) is 59.2 Å². The Morgan fingerprint density at radius 2 is 1.58 bits per heavy atom. The molecular formula is C26H21N5O5. The zero-order chi connectivity index (χ0) is 24.6. The van der Waals surface area contributed by atoms with E-state index >= 15 is 0 Å². The topological polar surface area (TPSA) is 109 Å². The van der Waals surface area contributed by atoms with Crippen LogP contribution in [0.15, 0.2) is 61.1 Å². The molecule has 4 heterocycles. The van der Waals surface area contributed by atoms with Crippen molar-refractivity contribution >= 4 is 11.7 Å². The van der Waals surface area contributed by atoms with Crippen LogP contribution in [0.5, 0.6) is 23.0 Å². The molecule has 2 aromatic heterocycles. The van der Waals surface area contributed by atoms with Gasteiger partial charge in [-0.3, -0.25) is 9.69 Å². The molecule has 0 unspecified atom stereocenters. The van der Waals surface area contributed by atoms with Crippen LogP contribution in [0.3, 0.4) is 0 Å². The lowest BCUT2D eigenvalue weighted by Gasteiger charge is -2.27. The fourth-order valence-electron chi connectivity index (χ4n) is 4.49. The van der Waals surface area contributed by atoms with Crippen molar-refractivity contribution < 1.29 is 23.7 Å². The van der Waals surface area contributed by atoms with E-state index < -0.39 is 6.04 Å². The minimum Gasteiger partial charge on any atom is -0.493 e. The van der Waals surface area contributed by atoms with E-state index in [9.17, 15) is 4.79 Å². The van der Waals surface area contributed by atoms with Crippen molar-refractivity contribution in [3.63, 3.8) is 0 Å². The number of hydrogen-bond acceptors (Lipinski definition) is 9. The highest BCUT2D eigenvalue weighted by atomic mass is 16.6. The van der Waals surface area contributed by atoms with Crippen LogP contribution in [0.4, 0.5) is 5.82 Å². The van der Waals surface area contributed by atoms with Gasteiger partial charge in [0, 0.05) is 24.2 Å². The molecule has 2 aliphatic heterocycles. The Bertz CT molecular complexity index is 1460. The number of methoxy groups -OCH3 is 2. The van der Waals surface area contributed by atoms with Gasteiger partial charge < -0.3 is 18.9 Å². The second-order valence-corrected chi connectivity index (χ2v) is 8.09. The highest BCUT2D eigenvalue weighted by Crippen LogP contribution is 2.46. The van der Waals surface area contributed by atoms with Crippen molar-refractivity contribution in [1.82, 2.24) is 19.9 Å². The first-order valence-electron chi connectivity index (χ1n) is 11.3. The van der Waals surface area contributed by atoms with E-state index in [-0.39, 0.29) is 5.91 Å². The Labute approximate surface area is 206 Å². The number of benzene rings is 2. The van der Waals surface area contributed by atoms with Crippen molar-refractivity contribution in [3.05, 3.63) is 77.7 Å². The number of aromatic nitrogens is 4. The lowest BCUT2D eigenvalue weighted by molar-refractivity contribution is 0.0992. The summed E-state index contributed by atoms with van der Waals surface area (Å²) in [4.78, 5) is 33.0. The molecule has 0 N–H and O–H groups in total. The first kappa shape index (κ1) is 21.8. The third kappa shape index (κ3) is 3.54. The Morgan fingerprint density at radius 1 is 0.861 bits per heavy atom. The number of anilines is 1. The molecule has 0 saturated heterocycles. The van der Waals surface area contributed by atoms with Gasteiger partial charge >= 0.3 is 0 Å². The van der Waals surface area contributed by atoms with Gasteiger partial charge in [0.15, 0.2) is 34.6 Å². The first-order chi connectivity index (χ1) is 17.7. The van der Waals surface area contributed by atoms with Gasteiger partial charge in [0.2, 0.25) is 0 Å². The van der Waals surface area contributed by atoms with Crippen LogP contribution in [-0.4, -0.2) is 53.3 Å². The SMILES string of the molecule is COc1cc2c(cc1OC)[C@H](c1ccc3c(c1)OCCO3)N(c1ccnc(-c3ncccn3)n1)C2=O. The van der Waals surface area contributed by atoms with E-state index in [0.717, 1.165) is 11.1 Å². The van der Waals surface area contributed by atoms with Crippen LogP contribution in [0.1, 0.15) is 27.5 Å². The minimum absolute atomic E-state index is 0.232. The maximum absolute atomic E-state index is 13.9. The van der Waals surface area contributed by atoms with Crippen molar-refractivity contribution in [1.29, 1.82) is 0 Å². The van der Waals surface area contributed by atoms with Crippen LogP contribution >= 0.6 is 0 Å². The quantitative estimate of drug-likeness (QED) is 0.421. The fraction of sp³-hybridized carbons (Fsp3) is 0.192. The molecule has 4 aromatic rings. The van der Waals surface area contributed by atoms with Crippen LogP contribution in [0, 0.1) is 0 Å². The Balaban J connectivity index is 1.53. The molecule has 36 heavy (non-hydrogen) atoms. The largest absolute Gasteiger partial charge is 0.493 e. The van der Waals surface area contributed by atoms with Gasteiger partial charge in [0.1, 0.15) is 19.0 Å². The third-order valence-corrected chi connectivity index (χ3v) is 6.09. The van der Waals surface area contributed by atoms with Crippen LogP contribution < -0.4 is 23.8 Å². The van der Waals surface area contributed by atoms with E-state index in [4.69, 9.17) is 18.9 Å². The summed E-state index contributed by atoms with van der Waals surface area (Å²) < 4.78 is 22.5. The average molecular weight is 483 g/mol. The summed E-state index contributed by atoms with van der Waals surface area (Å²) in [7, 11) is 3.10. The molecule has 2 aliphatic rings. The van der Waals surface area contributed by atoms with Gasteiger partial charge in [0.25, 0.3) is 5.91 Å². The molecule has 10 nitrogen and oxygen atoms in total. The number of hydrogen-bond donors (Lipinski definition) is 0. The number of ether oxygens (including phenoxy) is 4. The molecule has 180 valence electrons. The van der Waals surface area contributed by atoms with Crippen LogP contribution in [-0.2, 0) is 0 Å². The van der Waals surface area contributed by atoms with Crippen LogP contribution in [0.25, 0.3) is 11.6 Å². The predicted octanol–water partition coefficient (Wildman–Crippen LogP) is 3.47. The van der Waals surface area contributed by atoms with Gasteiger partial charge in [-0.15, -0.1) is 0 Å². The predicted molar refractivity (Wildman–Crippen MR) is 129 cm³/mol.